The van der Waals surface area contributed by atoms with Crippen molar-refractivity contribution in [1.29, 1.82) is 0 Å². The molecule has 3 saturated carbocycles. The summed E-state index contributed by atoms with van der Waals surface area (Å²) in [6.07, 6.45) is 8.87. The summed E-state index contributed by atoms with van der Waals surface area (Å²) >= 11 is 0. The van der Waals surface area contributed by atoms with E-state index in [1.807, 2.05) is 0 Å². The fraction of sp³-hybridized carbons (Fsp3) is 0.750. The van der Waals surface area contributed by atoms with E-state index < -0.39 is 5.97 Å². The van der Waals surface area contributed by atoms with Crippen molar-refractivity contribution in [1.82, 2.24) is 0 Å². The van der Waals surface area contributed by atoms with Crippen LogP contribution in [0.4, 0.5) is 0 Å². The molecule has 1 unspecified atom stereocenters. The second-order valence-electron chi connectivity index (χ2n) is 10.3. The summed E-state index contributed by atoms with van der Waals surface area (Å²) in [5, 5.41) is 0. The van der Waals surface area contributed by atoms with Gasteiger partial charge in [-0.3, -0.25) is 14.4 Å². The third kappa shape index (κ3) is 3.12. The maximum Gasteiger partial charge on any atom is 0.303 e. The van der Waals surface area contributed by atoms with E-state index in [0.717, 1.165) is 50.4 Å². The topological polar surface area (TPSA) is 77.5 Å². The van der Waals surface area contributed by atoms with Gasteiger partial charge in [-0.05, 0) is 73.2 Å². The molecule has 0 saturated heterocycles. The molecule has 0 N–H and O–H groups in total. The molecular formula is C24H32O5. The highest BCUT2D eigenvalue weighted by Crippen LogP contribution is 2.67. The molecule has 0 aliphatic heterocycles. The summed E-state index contributed by atoms with van der Waals surface area (Å²) in [4.78, 5) is 48.0. The van der Waals surface area contributed by atoms with E-state index in [9.17, 15) is 19.2 Å². The van der Waals surface area contributed by atoms with Crippen LogP contribution in [0, 0.1) is 40.4 Å². The van der Waals surface area contributed by atoms with Crippen LogP contribution in [0.5, 0.6) is 0 Å². The van der Waals surface area contributed by atoms with Gasteiger partial charge in [0.25, 0.3) is 0 Å². The van der Waals surface area contributed by atoms with Gasteiger partial charge in [0.15, 0.2) is 11.6 Å². The quantitative estimate of drug-likeness (QED) is 0.531. The second-order valence-corrected chi connectivity index (χ2v) is 10.3. The van der Waals surface area contributed by atoms with Crippen LogP contribution in [0.15, 0.2) is 11.6 Å². The highest BCUT2D eigenvalue weighted by atomic mass is 16.5. The Labute approximate surface area is 172 Å². The Morgan fingerprint density at radius 1 is 1.17 bits per heavy atom. The molecule has 0 radical (unpaired) electrons. The number of allylic oxidation sites excluding steroid dienone is 1. The smallest absolute Gasteiger partial charge is 0.303 e. The Kier molecular flexibility index (Phi) is 5.07. The zero-order valence-electron chi connectivity index (χ0n) is 17.7. The lowest BCUT2D eigenvalue weighted by atomic mass is 9.45. The van der Waals surface area contributed by atoms with Crippen molar-refractivity contribution in [2.75, 3.05) is 6.61 Å². The third-order valence-electron chi connectivity index (χ3n) is 9.02. The number of hydrogen-bond acceptors (Lipinski definition) is 5. The molecule has 7 atom stereocenters. The molecule has 3 fully saturated rings. The molecule has 5 heteroatoms. The van der Waals surface area contributed by atoms with Crippen molar-refractivity contribution in [2.24, 2.45) is 40.4 Å². The molecule has 4 rings (SSSR count). The Balaban J connectivity index is 1.62. The number of hydrogen-bond donors (Lipinski definition) is 0. The van der Waals surface area contributed by atoms with Crippen LogP contribution in [-0.4, -0.2) is 30.4 Å². The number of aldehydes is 1. The van der Waals surface area contributed by atoms with Gasteiger partial charge in [-0.25, -0.2) is 0 Å². The van der Waals surface area contributed by atoms with Crippen molar-refractivity contribution < 1.29 is 23.9 Å². The first-order chi connectivity index (χ1) is 13.7. The molecule has 5 nitrogen and oxygen atoms in total. The Morgan fingerprint density at radius 3 is 2.62 bits per heavy atom. The van der Waals surface area contributed by atoms with Crippen molar-refractivity contribution >= 4 is 23.8 Å². The molecule has 158 valence electrons. The first-order valence-electron chi connectivity index (χ1n) is 11.1. The molecule has 4 aliphatic carbocycles. The molecule has 29 heavy (non-hydrogen) atoms. The number of Topliss-reactive ketones (excluding diaryl/α,β-unsaturated/α-hetero) is 1. The predicted octanol–water partition coefficient (Wildman–Crippen LogP) is 3.69. The number of rotatable bonds is 4. The maximum atomic E-state index is 12.8. The van der Waals surface area contributed by atoms with Gasteiger partial charge < -0.3 is 9.53 Å². The number of fused-ring (bicyclic) bond motifs is 5. The third-order valence-corrected chi connectivity index (χ3v) is 9.02. The van der Waals surface area contributed by atoms with E-state index in [-0.39, 0.29) is 40.8 Å². The number of ketones is 2. The van der Waals surface area contributed by atoms with E-state index in [2.05, 4.69) is 13.8 Å². The SMILES string of the molecule is CC(=O)OCC(=O)[C@H]1CC[C@H]2[C@@H]3CC(C=O)C4=CC(=O)CC[C@]4(C)[C@H]3CC[C@]12C. The average molecular weight is 401 g/mol. The second kappa shape index (κ2) is 7.17. The predicted molar refractivity (Wildman–Crippen MR) is 107 cm³/mol. The number of carbonyl (C=O) groups is 4. The summed E-state index contributed by atoms with van der Waals surface area (Å²) in [6.45, 7) is 5.71. The first-order valence-corrected chi connectivity index (χ1v) is 11.1. The van der Waals surface area contributed by atoms with E-state index in [1.54, 1.807) is 6.08 Å². The summed E-state index contributed by atoms with van der Waals surface area (Å²) in [5.41, 5.74) is 0.895. The number of carbonyl (C=O) groups excluding carboxylic acids is 4. The summed E-state index contributed by atoms with van der Waals surface area (Å²) in [5.74, 6) is 0.822. The van der Waals surface area contributed by atoms with E-state index in [0.29, 0.717) is 24.2 Å². The minimum atomic E-state index is -0.415. The largest absolute Gasteiger partial charge is 0.458 e. The van der Waals surface area contributed by atoms with Crippen molar-refractivity contribution in [2.45, 2.75) is 65.7 Å². The fourth-order valence-corrected chi connectivity index (χ4v) is 7.63. The maximum absolute atomic E-state index is 12.8. The molecule has 0 aromatic rings. The van der Waals surface area contributed by atoms with Gasteiger partial charge in [0.1, 0.15) is 12.9 Å². The van der Waals surface area contributed by atoms with Crippen molar-refractivity contribution in [3.63, 3.8) is 0 Å². The average Bonchev–Trinajstić information content (AvgIpc) is 3.03. The molecule has 0 spiro atoms. The Morgan fingerprint density at radius 2 is 1.93 bits per heavy atom. The van der Waals surface area contributed by atoms with Crippen LogP contribution in [-0.2, 0) is 23.9 Å². The van der Waals surface area contributed by atoms with E-state index in [1.165, 1.54) is 6.92 Å². The van der Waals surface area contributed by atoms with Gasteiger partial charge in [-0.15, -0.1) is 0 Å². The highest BCUT2D eigenvalue weighted by Gasteiger charge is 2.61. The molecule has 0 amide bonds. The fourth-order valence-electron chi connectivity index (χ4n) is 7.63. The number of esters is 1. The Bertz CT molecular complexity index is 782. The lowest BCUT2D eigenvalue weighted by Crippen LogP contribution is -2.53. The van der Waals surface area contributed by atoms with Crippen LogP contribution in [0.2, 0.25) is 0 Å². The zero-order chi connectivity index (χ0) is 21.0. The summed E-state index contributed by atoms with van der Waals surface area (Å²) < 4.78 is 5.00. The number of ether oxygens (including phenoxy) is 1. The van der Waals surface area contributed by atoms with Gasteiger partial charge in [-0.2, -0.15) is 0 Å². The Hall–Kier alpha value is -1.78. The molecule has 0 aromatic heterocycles. The lowest BCUT2D eigenvalue weighted by Gasteiger charge is -2.59. The van der Waals surface area contributed by atoms with Gasteiger partial charge in [-0.1, -0.05) is 19.4 Å². The molecule has 4 aliphatic rings. The molecule has 0 heterocycles. The zero-order valence-corrected chi connectivity index (χ0v) is 17.7. The normalized spacial score (nSPS) is 43.5. The first kappa shape index (κ1) is 20.5. The standard InChI is InChI=1S/C24H32O5/c1-14(26)29-13-22(28)20-5-4-18-17-10-15(12-25)21-11-16(27)6-8-24(21,3)19(17)7-9-23(18,20)2/h11-12,15,17-20H,4-10,13H2,1-3H3/t15?,17-,18-,19-,20+,23-,24+/m0/s1. The van der Waals surface area contributed by atoms with Crippen LogP contribution in [0.1, 0.15) is 65.7 Å². The van der Waals surface area contributed by atoms with Crippen LogP contribution in [0.3, 0.4) is 0 Å². The molecule has 0 bridgehead atoms. The molecular weight excluding hydrogens is 368 g/mol. The van der Waals surface area contributed by atoms with Crippen LogP contribution in [0.25, 0.3) is 0 Å². The lowest BCUT2D eigenvalue weighted by molar-refractivity contribution is -0.149. The van der Waals surface area contributed by atoms with Crippen molar-refractivity contribution in [3.05, 3.63) is 11.6 Å². The van der Waals surface area contributed by atoms with Gasteiger partial charge in [0, 0.05) is 25.2 Å². The monoisotopic (exact) mass is 400 g/mol. The summed E-state index contributed by atoms with van der Waals surface area (Å²) in [6, 6.07) is 0. The van der Waals surface area contributed by atoms with Gasteiger partial charge in [0.05, 0.1) is 0 Å². The van der Waals surface area contributed by atoms with Crippen LogP contribution < -0.4 is 0 Å². The minimum absolute atomic E-state index is 0.0430. The van der Waals surface area contributed by atoms with Gasteiger partial charge in [0.2, 0.25) is 0 Å². The minimum Gasteiger partial charge on any atom is -0.458 e. The van der Waals surface area contributed by atoms with Crippen molar-refractivity contribution in [3.8, 4) is 0 Å². The van der Waals surface area contributed by atoms with E-state index in [4.69, 9.17) is 4.74 Å². The highest BCUT2D eigenvalue weighted by molar-refractivity contribution is 5.92. The van der Waals surface area contributed by atoms with Gasteiger partial charge >= 0.3 is 5.97 Å². The van der Waals surface area contributed by atoms with Crippen LogP contribution >= 0.6 is 0 Å². The molecule has 0 aromatic carbocycles. The summed E-state index contributed by atoms with van der Waals surface area (Å²) in [7, 11) is 0. The van der Waals surface area contributed by atoms with E-state index >= 15 is 0 Å².